The lowest BCUT2D eigenvalue weighted by Crippen LogP contribution is -2.31. The fourth-order valence-corrected chi connectivity index (χ4v) is 1.29. The Kier molecular flexibility index (Phi) is 5.13. The lowest BCUT2D eigenvalue weighted by atomic mass is 10.2. The third-order valence-corrected chi connectivity index (χ3v) is 2.18. The first-order valence-electron chi connectivity index (χ1n) is 5.74. The Labute approximate surface area is 112 Å². The molecule has 0 spiro atoms. The molecule has 0 radical (unpaired) electrons. The van der Waals surface area contributed by atoms with Gasteiger partial charge in [0.1, 0.15) is 11.6 Å². The molecule has 5 heteroatoms. The van der Waals surface area contributed by atoms with Gasteiger partial charge in [0, 0.05) is 17.9 Å². The SMILES string of the molecule is CC(C)NC(=O)/C(C#N)=C\Nc1ccc(C#N)cc1. The Morgan fingerprint density at radius 3 is 2.37 bits per heavy atom. The topological polar surface area (TPSA) is 88.7 Å². The van der Waals surface area contributed by atoms with Gasteiger partial charge in [-0.25, -0.2) is 0 Å². The van der Waals surface area contributed by atoms with Gasteiger partial charge in [0.05, 0.1) is 11.6 Å². The summed E-state index contributed by atoms with van der Waals surface area (Å²) in [5.41, 5.74) is 1.25. The van der Waals surface area contributed by atoms with Gasteiger partial charge < -0.3 is 10.6 Å². The summed E-state index contributed by atoms with van der Waals surface area (Å²) in [4.78, 5) is 11.6. The van der Waals surface area contributed by atoms with Gasteiger partial charge in [-0.1, -0.05) is 0 Å². The summed E-state index contributed by atoms with van der Waals surface area (Å²) in [6, 6.07) is 10.5. The van der Waals surface area contributed by atoms with Crippen molar-refractivity contribution in [3.05, 3.63) is 41.6 Å². The van der Waals surface area contributed by atoms with E-state index in [2.05, 4.69) is 10.6 Å². The Hall–Kier alpha value is -2.79. The highest BCUT2D eigenvalue weighted by atomic mass is 16.1. The summed E-state index contributed by atoms with van der Waals surface area (Å²) >= 11 is 0. The van der Waals surface area contributed by atoms with Crippen LogP contribution in [0.15, 0.2) is 36.0 Å². The first-order chi connectivity index (χ1) is 9.06. The number of hydrogen-bond donors (Lipinski definition) is 2. The standard InChI is InChI=1S/C14H14N4O/c1-10(2)18-14(19)12(8-16)9-17-13-5-3-11(7-15)4-6-13/h3-6,9-10,17H,1-2H3,(H,18,19)/b12-9-. The molecular weight excluding hydrogens is 240 g/mol. The maximum Gasteiger partial charge on any atom is 0.263 e. The average Bonchev–Trinajstić information content (AvgIpc) is 2.39. The molecule has 0 aromatic heterocycles. The van der Waals surface area contributed by atoms with Crippen LogP contribution in [-0.4, -0.2) is 11.9 Å². The Balaban J connectivity index is 2.75. The Morgan fingerprint density at radius 2 is 1.89 bits per heavy atom. The molecule has 19 heavy (non-hydrogen) atoms. The number of hydrogen-bond acceptors (Lipinski definition) is 4. The first kappa shape index (κ1) is 14.3. The number of carbonyl (C=O) groups is 1. The van der Waals surface area contributed by atoms with Crippen LogP contribution in [0.5, 0.6) is 0 Å². The fourth-order valence-electron chi connectivity index (χ4n) is 1.29. The van der Waals surface area contributed by atoms with Gasteiger partial charge in [0.15, 0.2) is 0 Å². The molecule has 0 atom stereocenters. The van der Waals surface area contributed by atoms with Gasteiger partial charge in [-0.15, -0.1) is 0 Å². The van der Waals surface area contributed by atoms with E-state index in [4.69, 9.17) is 10.5 Å². The highest BCUT2D eigenvalue weighted by Crippen LogP contribution is 2.09. The van der Waals surface area contributed by atoms with Gasteiger partial charge in [0.2, 0.25) is 0 Å². The van der Waals surface area contributed by atoms with Crippen molar-refractivity contribution in [1.29, 1.82) is 10.5 Å². The normalized spacial score (nSPS) is 10.5. The molecule has 0 saturated carbocycles. The zero-order valence-corrected chi connectivity index (χ0v) is 10.8. The molecule has 0 aliphatic heterocycles. The average molecular weight is 254 g/mol. The van der Waals surface area contributed by atoms with Gasteiger partial charge in [0.25, 0.3) is 5.91 Å². The number of nitriles is 2. The molecule has 1 rings (SSSR count). The van der Waals surface area contributed by atoms with E-state index in [0.29, 0.717) is 11.3 Å². The Morgan fingerprint density at radius 1 is 1.26 bits per heavy atom. The van der Waals surface area contributed by atoms with Gasteiger partial charge in [-0.3, -0.25) is 4.79 Å². The molecule has 0 bridgehead atoms. The van der Waals surface area contributed by atoms with Crippen molar-refractivity contribution >= 4 is 11.6 Å². The van der Waals surface area contributed by atoms with Crippen LogP contribution >= 0.6 is 0 Å². The van der Waals surface area contributed by atoms with E-state index in [1.165, 1.54) is 6.20 Å². The lowest BCUT2D eigenvalue weighted by molar-refractivity contribution is -0.117. The van der Waals surface area contributed by atoms with Crippen molar-refractivity contribution in [3.63, 3.8) is 0 Å². The molecule has 1 aromatic carbocycles. The van der Waals surface area contributed by atoms with Crippen LogP contribution in [0, 0.1) is 22.7 Å². The van der Waals surface area contributed by atoms with Crippen LogP contribution in [0.4, 0.5) is 5.69 Å². The third-order valence-electron chi connectivity index (χ3n) is 2.18. The summed E-state index contributed by atoms with van der Waals surface area (Å²) in [7, 11) is 0. The van der Waals surface area contributed by atoms with Crippen molar-refractivity contribution < 1.29 is 4.79 Å². The first-order valence-corrected chi connectivity index (χ1v) is 5.74. The quantitative estimate of drug-likeness (QED) is 0.634. The van der Waals surface area contributed by atoms with Crippen molar-refractivity contribution in [2.24, 2.45) is 0 Å². The summed E-state index contributed by atoms with van der Waals surface area (Å²) in [6.45, 7) is 3.64. The second kappa shape index (κ2) is 6.83. The Bertz CT molecular complexity index is 559. The van der Waals surface area contributed by atoms with Crippen molar-refractivity contribution in [3.8, 4) is 12.1 Å². The van der Waals surface area contributed by atoms with Gasteiger partial charge in [-0.05, 0) is 38.1 Å². The third kappa shape index (κ3) is 4.53. The second-order valence-electron chi connectivity index (χ2n) is 4.13. The maximum absolute atomic E-state index is 11.6. The van der Waals surface area contributed by atoms with Crippen molar-refractivity contribution in [2.75, 3.05) is 5.32 Å². The fraction of sp³-hybridized carbons (Fsp3) is 0.214. The lowest BCUT2D eigenvalue weighted by Gasteiger charge is -2.07. The molecule has 1 aromatic rings. The van der Waals surface area contributed by atoms with Crippen LogP contribution in [0.25, 0.3) is 0 Å². The van der Waals surface area contributed by atoms with Gasteiger partial charge in [-0.2, -0.15) is 10.5 Å². The summed E-state index contributed by atoms with van der Waals surface area (Å²) in [6.07, 6.45) is 1.35. The number of anilines is 1. The van der Waals surface area contributed by atoms with Gasteiger partial charge >= 0.3 is 0 Å². The number of benzene rings is 1. The predicted octanol–water partition coefficient (Wildman–Crippen LogP) is 1.90. The molecule has 1 amide bonds. The molecule has 0 unspecified atom stereocenters. The zero-order valence-electron chi connectivity index (χ0n) is 10.8. The minimum atomic E-state index is -0.418. The number of nitrogens with one attached hydrogen (secondary N) is 2. The smallest absolute Gasteiger partial charge is 0.263 e. The number of carbonyl (C=O) groups excluding carboxylic acids is 1. The molecule has 0 aliphatic carbocycles. The molecular formula is C14H14N4O. The number of nitrogens with zero attached hydrogens (tertiary/aromatic N) is 2. The minimum Gasteiger partial charge on any atom is -0.360 e. The van der Waals surface area contributed by atoms with E-state index in [0.717, 1.165) is 0 Å². The van der Waals surface area contributed by atoms with Crippen LogP contribution in [0.3, 0.4) is 0 Å². The van der Waals surface area contributed by atoms with Crippen molar-refractivity contribution in [1.82, 2.24) is 5.32 Å². The van der Waals surface area contributed by atoms with Crippen LogP contribution < -0.4 is 10.6 Å². The second-order valence-corrected chi connectivity index (χ2v) is 4.13. The molecule has 2 N–H and O–H groups in total. The highest BCUT2D eigenvalue weighted by molar-refractivity contribution is 5.97. The number of amides is 1. The summed E-state index contributed by atoms with van der Waals surface area (Å²) in [5.74, 6) is -0.418. The largest absolute Gasteiger partial charge is 0.360 e. The monoisotopic (exact) mass is 254 g/mol. The van der Waals surface area contributed by atoms with Crippen LogP contribution in [0.1, 0.15) is 19.4 Å². The molecule has 0 aliphatic rings. The summed E-state index contributed by atoms with van der Waals surface area (Å²) < 4.78 is 0. The van der Waals surface area contributed by atoms with E-state index >= 15 is 0 Å². The highest BCUT2D eigenvalue weighted by Gasteiger charge is 2.09. The maximum atomic E-state index is 11.6. The van der Waals surface area contributed by atoms with Crippen LogP contribution in [0.2, 0.25) is 0 Å². The van der Waals surface area contributed by atoms with E-state index < -0.39 is 5.91 Å². The zero-order chi connectivity index (χ0) is 14.3. The molecule has 0 heterocycles. The van der Waals surface area contributed by atoms with Crippen LogP contribution in [-0.2, 0) is 4.79 Å². The van der Waals surface area contributed by atoms with Crippen molar-refractivity contribution in [2.45, 2.75) is 19.9 Å². The minimum absolute atomic E-state index is 0.00180. The van der Waals surface area contributed by atoms with E-state index in [-0.39, 0.29) is 11.6 Å². The molecule has 96 valence electrons. The predicted molar refractivity (Wildman–Crippen MR) is 71.8 cm³/mol. The molecule has 0 fully saturated rings. The van der Waals surface area contributed by atoms with E-state index in [1.807, 2.05) is 26.0 Å². The molecule has 5 nitrogen and oxygen atoms in total. The molecule has 0 saturated heterocycles. The summed E-state index contributed by atoms with van der Waals surface area (Å²) in [5, 5.41) is 23.1. The van der Waals surface area contributed by atoms with E-state index in [1.54, 1.807) is 24.3 Å². The van der Waals surface area contributed by atoms with E-state index in [9.17, 15) is 4.79 Å². The number of rotatable bonds is 4.